The summed E-state index contributed by atoms with van der Waals surface area (Å²) >= 11 is 0. The van der Waals surface area contributed by atoms with Crippen LogP contribution in [0.3, 0.4) is 0 Å². The third kappa shape index (κ3) is 5.20. The minimum atomic E-state index is 0. The van der Waals surface area contributed by atoms with Crippen LogP contribution in [0.5, 0.6) is 0 Å². The van der Waals surface area contributed by atoms with Gasteiger partial charge in [0.2, 0.25) is 0 Å². The minimum absolute atomic E-state index is 0. The predicted molar refractivity (Wildman–Crippen MR) is 67.7 cm³/mol. The van der Waals surface area contributed by atoms with E-state index in [2.05, 4.69) is 63.9 Å². The number of nitrogens with one attached hydrogen (secondary N) is 2. The largest absolute Gasteiger partial charge is 2.00 e. The Morgan fingerprint density at radius 3 is 1.00 bits per heavy atom. The van der Waals surface area contributed by atoms with Gasteiger partial charge in [-0.15, -0.1) is 23.8 Å². The number of rotatable bonds is 0. The molecule has 0 aliphatic heterocycles. The number of hydrogen-bond acceptors (Lipinski definition) is 0. The van der Waals surface area contributed by atoms with Gasteiger partial charge in [-0.25, -0.2) is 0 Å². The number of hydrogen-bond donors (Lipinski definition) is 2. The Morgan fingerprint density at radius 1 is 0.667 bits per heavy atom. The molecule has 0 aliphatic rings. The topological polar surface area (TPSA) is 31.6 Å². The van der Waals surface area contributed by atoms with Gasteiger partial charge in [0.15, 0.2) is 0 Å². The summed E-state index contributed by atoms with van der Waals surface area (Å²) in [5.74, 6) is 0. The Morgan fingerprint density at radius 2 is 0.944 bits per heavy atom. The van der Waals surface area contributed by atoms with Gasteiger partial charge in [-0.1, -0.05) is 41.5 Å². The van der Waals surface area contributed by atoms with Crippen molar-refractivity contribution in [1.82, 2.24) is 9.97 Å². The van der Waals surface area contributed by atoms with Gasteiger partial charge in [-0.2, -0.15) is 22.3 Å². The number of aromatic amines is 2. The molecule has 0 radical (unpaired) electrons. The molecule has 0 amide bonds. The van der Waals surface area contributed by atoms with Crippen molar-refractivity contribution < 1.29 is 39.0 Å². The van der Waals surface area contributed by atoms with E-state index in [1.165, 1.54) is 33.6 Å². The molecule has 2 aromatic rings. The SMILES string of the molecule is Cc1[c-][nH]c(C)c1C.Cc1[c-][nH]c(C)c1C.[Ru+2].[Ru]. The van der Waals surface area contributed by atoms with Gasteiger partial charge in [0.25, 0.3) is 0 Å². The maximum absolute atomic E-state index is 3.01. The van der Waals surface area contributed by atoms with Crippen molar-refractivity contribution in [2.45, 2.75) is 41.5 Å². The summed E-state index contributed by atoms with van der Waals surface area (Å²) in [4.78, 5) is 6.02. The molecule has 0 saturated carbocycles. The fourth-order valence-corrected chi connectivity index (χ4v) is 1.31. The van der Waals surface area contributed by atoms with Crippen molar-refractivity contribution in [3.05, 3.63) is 46.0 Å². The molecule has 0 saturated heterocycles. The van der Waals surface area contributed by atoms with Gasteiger partial charge in [0.1, 0.15) is 0 Å². The quantitative estimate of drug-likeness (QED) is 0.485. The monoisotopic (exact) mass is 420 g/mol. The van der Waals surface area contributed by atoms with E-state index in [0.29, 0.717) is 0 Å². The molecular weight excluding hydrogens is 398 g/mol. The van der Waals surface area contributed by atoms with Crippen molar-refractivity contribution in [2.75, 3.05) is 0 Å². The summed E-state index contributed by atoms with van der Waals surface area (Å²) in [6, 6.07) is 0. The molecule has 2 N–H and O–H groups in total. The Balaban J connectivity index is 0. The van der Waals surface area contributed by atoms with Crippen LogP contribution < -0.4 is 0 Å². The zero-order valence-electron chi connectivity index (χ0n) is 11.7. The van der Waals surface area contributed by atoms with Crippen LogP contribution in [0, 0.1) is 53.9 Å². The van der Waals surface area contributed by atoms with E-state index >= 15 is 0 Å². The predicted octanol–water partition coefficient (Wildman–Crippen LogP) is 3.48. The van der Waals surface area contributed by atoms with Crippen molar-refractivity contribution >= 4 is 0 Å². The maximum Gasteiger partial charge on any atom is 2.00 e. The van der Waals surface area contributed by atoms with Crippen LogP contribution in [-0.2, 0) is 39.0 Å². The smallest absolute Gasteiger partial charge is 0.481 e. The Kier molecular flexibility index (Phi) is 9.88. The zero-order valence-corrected chi connectivity index (χ0v) is 15.2. The first kappa shape index (κ1) is 20.1. The zero-order chi connectivity index (χ0) is 12.3. The molecule has 0 atom stereocenters. The van der Waals surface area contributed by atoms with Crippen LogP contribution in [-0.4, -0.2) is 9.97 Å². The second-order valence-corrected chi connectivity index (χ2v) is 4.25. The average molecular weight is 418 g/mol. The van der Waals surface area contributed by atoms with Gasteiger partial charge in [-0.05, 0) is 0 Å². The van der Waals surface area contributed by atoms with Crippen LogP contribution >= 0.6 is 0 Å². The van der Waals surface area contributed by atoms with Crippen LogP contribution in [0.15, 0.2) is 0 Å². The molecule has 2 heterocycles. The second-order valence-electron chi connectivity index (χ2n) is 4.25. The molecule has 0 fully saturated rings. The standard InChI is InChI=1S/2C7H10N.2Ru/c2*1-5-4-8-7(3)6(5)2;;/h2*8H,1-3H3;;/q2*-1;;+2. The minimum Gasteiger partial charge on any atom is -0.481 e. The number of H-pyrrole nitrogens is 2. The molecular formula is C14H20N2Ru2. The molecule has 0 unspecified atom stereocenters. The van der Waals surface area contributed by atoms with E-state index in [1.54, 1.807) is 0 Å². The van der Waals surface area contributed by atoms with Crippen LogP contribution in [0.4, 0.5) is 0 Å². The molecule has 18 heavy (non-hydrogen) atoms. The molecule has 0 aromatic carbocycles. The van der Waals surface area contributed by atoms with Crippen LogP contribution in [0.2, 0.25) is 0 Å². The fourth-order valence-electron chi connectivity index (χ4n) is 1.31. The third-order valence-corrected chi connectivity index (χ3v) is 3.12. The summed E-state index contributed by atoms with van der Waals surface area (Å²) in [5, 5.41) is 0. The fraction of sp³-hybridized carbons (Fsp3) is 0.429. The number of aryl methyl sites for hydroxylation is 4. The van der Waals surface area contributed by atoms with Gasteiger partial charge in [0, 0.05) is 19.5 Å². The van der Waals surface area contributed by atoms with E-state index in [-0.39, 0.29) is 39.0 Å². The van der Waals surface area contributed by atoms with Crippen LogP contribution in [0.1, 0.15) is 33.6 Å². The molecule has 0 spiro atoms. The Bertz CT molecular complexity index is 387. The van der Waals surface area contributed by atoms with Crippen molar-refractivity contribution in [3.8, 4) is 0 Å². The Labute approximate surface area is 136 Å². The van der Waals surface area contributed by atoms with Gasteiger partial charge < -0.3 is 9.97 Å². The molecule has 2 nitrogen and oxygen atoms in total. The van der Waals surface area contributed by atoms with Gasteiger partial charge in [0.05, 0.1) is 0 Å². The molecule has 4 heteroatoms. The van der Waals surface area contributed by atoms with Crippen LogP contribution in [0.25, 0.3) is 0 Å². The summed E-state index contributed by atoms with van der Waals surface area (Å²) < 4.78 is 0. The average Bonchev–Trinajstić information content (AvgIpc) is 2.70. The molecule has 102 valence electrons. The van der Waals surface area contributed by atoms with E-state index in [1.807, 2.05) is 0 Å². The summed E-state index contributed by atoms with van der Waals surface area (Å²) in [5.41, 5.74) is 7.55. The molecule has 0 bridgehead atoms. The molecule has 2 aromatic heterocycles. The van der Waals surface area contributed by atoms with Gasteiger partial charge >= 0.3 is 19.5 Å². The first-order valence-electron chi connectivity index (χ1n) is 5.50. The van der Waals surface area contributed by atoms with E-state index < -0.39 is 0 Å². The number of aromatic nitrogens is 2. The van der Waals surface area contributed by atoms with E-state index in [9.17, 15) is 0 Å². The molecule has 2 rings (SSSR count). The second kappa shape index (κ2) is 8.83. The maximum atomic E-state index is 3.01. The van der Waals surface area contributed by atoms with E-state index in [4.69, 9.17) is 0 Å². The summed E-state index contributed by atoms with van der Waals surface area (Å²) in [6.45, 7) is 12.4. The Hall–Kier alpha value is -0.193. The normalized spacial score (nSPS) is 8.78. The van der Waals surface area contributed by atoms with Crippen molar-refractivity contribution in [1.29, 1.82) is 0 Å². The molecule has 0 aliphatic carbocycles. The van der Waals surface area contributed by atoms with Crippen molar-refractivity contribution in [2.24, 2.45) is 0 Å². The summed E-state index contributed by atoms with van der Waals surface area (Å²) in [6.07, 6.45) is 6.02. The van der Waals surface area contributed by atoms with E-state index in [0.717, 1.165) is 0 Å². The first-order valence-corrected chi connectivity index (χ1v) is 5.50. The third-order valence-electron chi connectivity index (χ3n) is 3.12. The van der Waals surface area contributed by atoms with Crippen molar-refractivity contribution in [3.63, 3.8) is 0 Å². The first-order chi connectivity index (χ1) is 7.43. The summed E-state index contributed by atoms with van der Waals surface area (Å²) in [7, 11) is 0. The van der Waals surface area contributed by atoms with Gasteiger partial charge in [-0.3, -0.25) is 0 Å².